The van der Waals surface area contributed by atoms with Crippen molar-refractivity contribution in [3.05, 3.63) is 4.88 Å². The zero-order chi connectivity index (χ0) is 16.0. The molecule has 0 aliphatic carbocycles. The van der Waals surface area contributed by atoms with Crippen LogP contribution in [0, 0.1) is 5.41 Å². The average Bonchev–Trinajstić information content (AvgIpc) is 2.87. The Hall–Kier alpha value is -1.08. The highest BCUT2D eigenvalue weighted by atomic mass is 32.2. The molecule has 21 heavy (non-hydrogen) atoms. The summed E-state index contributed by atoms with van der Waals surface area (Å²) in [6, 6.07) is 0. The smallest absolute Gasteiger partial charge is 0.180 e. The Balaban J connectivity index is 2.58. The Kier molecular flexibility index (Phi) is 4.10. The van der Waals surface area contributed by atoms with Crippen LogP contribution in [0.15, 0.2) is 4.90 Å². The second-order valence-electron chi connectivity index (χ2n) is 6.36. The van der Waals surface area contributed by atoms with Crippen molar-refractivity contribution >= 4 is 37.6 Å². The molecule has 0 unspecified atom stereocenters. The Morgan fingerprint density at radius 3 is 2.48 bits per heavy atom. The van der Waals surface area contributed by atoms with E-state index in [4.69, 9.17) is 5.73 Å². The summed E-state index contributed by atoms with van der Waals surface area (Å²) < 4.78 is 24.2. The molecule has 1 aromatic rings. The molecule has 1 saturated heterocycles. The molecule has 0 saturated carbocycles. The molecule has 5 nitrogen and oxygen atoms in total. The number of anilines is 2. The number of ketones is 1. The molecule has 2 rings (SSSR count). The molecule has 2 heterocycles. The van der Waals surface area contributed by atoms with E-state index in [0.717, 1.165) is 25.8 Å². The molecule has 0 spiro atoms. The molecule has 0 bridgehead atoms. The van der Waals surface area contributed by atoms with Crippen molar-refractivity contribution in [3.8, 4) is 0 Å². The van der Waals surface area contributed by atoms with Crippen LogP contribution in [0.1, 0.15) is 43.3 Å². The van der Waals surface area contributed by atoms with Gasteiger partial charge < -0.3 is 10.6 Å². The predicted octanol–water partition coefficient (Wildman–Crippen LogP) is 2.56. The van der Waals surface area contributed by atoms with Gasteiger partial charge in [-0.1, -0.05) is 20.8 Å². The third-order valence-corrected chi connectivity index (χ3v) is 6.38. The lowest BCUT2D eigenvalue weighted by Gasteiger charge is -2.21. The maximum absolute atomic E-state index is 12.1. The first-order valence-corrected chi connectivity index (χ1v) is 9.68. The molecule has 7 heteroatoms. The van der Waals surface area contributed by atoms with Crippen molar-refractivity contribution in [1.29, 1.82) is 0 Å². The van der Waals surface area contributed by atoms with E-state index < -0.39 is 9.84 Å². The Labute approximate surface area is 130 Å². The lowest BCUT2D eigenvalue weighted by Crippen LogP contribution is -2.23. The molecular formula is C14H22N2O3S2. The minimum atomic E-state index is -3.47. The number of sulfone groups is 1. The second-order valence-corrected chi connectivity index (χ2v) is 9.32. The van der Waals surface area contributed by atoms with Gasteiger partial charge in [0.15, 0.2) is 15.6 Å². The molecular weight excluding hydrogens is 308 g/mol. The van der Waals surface area contributed by atoms with E-state index in [-0.39, 0.29) is 21.8 Å². The van der Waals surface area contributed by atoms with Gasteiger partial charge in [0.1, 0.15) is 9.90 Å². The number of nitrogens with zero attached hydrogens (tertiary/aromatic N) is 1. The molecule has 1 aromatic heterocycles. The number of nitrogens with two attached hydrogens (primary N) is 1. The standard InChI is InChI=1S/C14H22N2O3S2/c1-5-9(17)11-10(15)12(21(4,18)19)13(20-11)16-7-6-14(2,3)8-16/h5-8,15H2,1-4H3. The summed E-state index contributed by atoms with van der Waals surface area (Å²) in [6.07, 6.45) is 2.46. The lowest BCUT2D eigenvalue weighted by atomic mass is 9.93. The highest BCUT2D eigenvalue weighted by molar-refractivity contribution is 7.91. The number of nitrogen functional groups attached to an aromatic ring is 1. The molecule has 2 N–H and O–H groups in total. The van der Waals surface area contributed by atoms with Gasteiger partial charge in [-0.2, -0.15) is 0 Å². The van der Waals surface area contributed by atoms with Crippen LogP contribution in [0.3, 0.4) is 0 Å². The van der Waals surface area contributed by atoms with E-state index in [2.05, 4.69) is 13.8 Å². The topological polar surface area (TPSA) is 80.5 Å². The second kappa shape index (κ2) is 5.28. The summed E-state index contributed by atoms with van der Waals surface area (Å²) in [5, 5.41) is 0.623. The van der Waals surface area contributed by atoms with Crippen molar-refractivity contribution in [1.82, 2.24) is 0 Å². The SMILES string of the molecule is CCC(=O)c1sc(N2CCC(C)(C)C2)c(S(C)(=O)=O)c1N. The average molecular weight is 330 g/mol. The van der Waals surface area contributed by atoms with E-state index in [1.165, 1.54) is 11.3 Å². The minimum absolute atomic E-state index is 0.105. The van der Waals surface area contributed by atoms with E-state index in [9.17, 15) is 13.2 Å². The Bertz CT molecular complexity index is 675. The van der Waals surface area contributed by atoms with Crippen LogP contribution >= 0.6 is 11.3 Å². The third-order valence-electron chi connectivity index (χ3n) is 3.79. The fraction of sp³-hybridized carbons (Fsp3) is 0.643. The molecule has 1 aliphatic rings. The predicted molar refractivity (Wildman–Crippen MR) is 87.1 cm³/mol. The van der Waals surface area contributed by atoms with Gasteiger partial charge in [-0.15, -0.1) is 11.3 Å². The highest BCUT2D eigenvalue weighted by Crippen LogP contribution is 2.45. The van der Waals surface area contributed by atoms with Gasteiger partial charge in [0, 0.05) is 25.8 Å². The van der Waals surface area contributed by atoms with Crippen LogP contribution in [-0.2, 0) is 9.84 Å². The van der Waals surface area contributed by atoms with Crippen LogP contribution in [-0.4, -0.2) is 33.5 Å². The maximum atomic E-state index is 12.1. The number of thiophene rings is 1. The van der Waals surface area contributed by atoms with Gasteiger partial charge in [0.2, 0.25) is 0 Å². The van der Waals surface area contributed by atoms with Gasteiger partial charge in [-0.05, 0) is 11.8 Å². The van der Waals surface area contributed by atoms with Gasteiger partial charge in [0.05, 0.1) is 10.6 Å². The van der Waals surface area contributed by atoms with Crippen LogP contribution in [0.2, 0.25) is 0 Å². The number of carbonyl (C=O) groups is 1. The first-order chi connectivity index (χ1) is 9.57. The number of carbonyl (C=O) groups excluding carboxylic acids is 1. The summed E-state index contributed by atoms with van der Waals surface area (Å²) in [7, 11) is -3.47. The molecule has 0 radical (unpaired) electrons. The summed E-state index contributed by atoms with van der Waals surface area (Å²) in [5.74, 6) is -0.105. The number of hydrogen-bond donors (Lipinski definition) is 1. The zero-order valence-electron chi connectivity index (χ0n) is 12.9. The summed E-state index contributed by atoms with van der Waals surface area (Å²) in [6.45, 7) is 7.62. The normalized spacial score (nSPS) is 18.2. The number of rotatable bonds is 4. The molecule has 1 aliphatic heterocycles. The van der Waals surface area contributed by atoms with E-state index >= 15 is 0 Å². The largest absolute Gasteiger partial charge is 0.396 e. The van der Waals surface area contributed by atoms with E-state index in [1.807, 2.05) is 4.90 Å². The summed E-state index contributed by atoms with van der Waals surface area (Å²) in [5.41, 5.74) is 6.25. The van der Waals surface area contributed by atoms with Gasteiger partial charge in [-0.3, -0.25) is 4.79 Å². The van der Waals surface area contributed by atoms with Crippen molar-refractivity contribution in [2.24, 2.45) is 5.41 Å². The lowest BCUT2D eigenvalue weighted by molar-refractivity contribution is 0.0992. The van der Waals surface area contributed by atoms with Crippen LogP contribution in [0.4, 0.5) is 10.7 Å². The number of Topliss-reactive ketones (excluding diaryl/α,β-unsaturated/α-hetero) is 1. The Morgan fingerprint density at radius 2 is 2.05 bits per heavy atom. The van der Waals surface area contributed by atoms with Gasteiger partial charge >= 0.3 is 0 Å². The quantitative estimate of drug-likeness (QED) is 0.858. The first kappa shape index (κ1) is 16.3. The fourth-order valence-electron chi connectivity index (χ4n) is 2.64. The highest BCUT2D eigenvalue weighted by Gasteiger charge is 2.35. The van der Waals surface area contributed by atoms with Crippen LogP contribution in [0.25, 0.3) is 0 Å². The minimum Gasteiger partial charge on any atom is -0.396 e. The Morgan fingerprint density at radius 1 is 1.43 bits per heavy atom. The monoisotopic (exact) mass is 330 g/mol. The fourth-order valence-corrected chi connectivity index (χ4v) is 5.38. The number of hydrogen-bond acceptors (Lipinski definition) is 6. The van der Waals surface area contributed by atoms with Gasteiger partial charge in [-0.25, -0.2) is 8.42 Å². The van der Waals surface area contributed by atoms with E-state index in [1.54, 1.807) is 6.92 Å². The van der Waals surface area contributed by atoms with Crippen molar-refractivity contribution in [3.63, 3.8) is 0 Å². The molecule has 0 amide bonds. The summed E-state index contributed by atoms with van der Waals surface area (Å²) >= 11 is 1.22. The molecule has 118 valence electrons. The van der Waals surface area contributed by atoms with Crippen molar-refractivity contribution in [2.45, 2.75) is 38.5 Å². The summed E-state index contributed by atoms with van der Waals surface area (Å²) in [4.78, 5) is 14.5. The van der Waals surface area contributed by atoms with Gasteiger partial charge in [0.25, 0.3) is 0 Å². The van der Waals surface area contributed by atoms with Crippen molar-refractivity contribution in [2.75, 3.05) is 30.0 Å². The molecule has 1 fully saturated rings. The third kappa shape index (κ3) is 3.08. The first-order valence-electron chi connectivity index (χ1n) is 6.97. The van der Waals surface area contributed by atoms with Crippen molar-refractivity contribution < 1.29 is 13.2 Å². The van der Waals surface area contributed by atoms with Crippen LogP contribution < -0.4 is 10.6 Å². The zero-order valence-corrected chi connectivity index (χ0v) is 14.5. The molecule has 0 atom stereocenters. The molecule has 0 aromatic carbocycles. The van der Waals surface area contributed by atoms with Crippen LogP contribution in [0.5, 0.6) is 0 Å². The van der Waals surface area contributed by atoms with E-state index in [0.29, 0.717) is 16.3 Å². The maximum Gasteiger partial charge on any atom is 0.180 e.